The fraction of sp³-hybridized carbons (Fsp3) is 0.714. The molecule has 0 bridgehead atoms. The minimum Gasteiger partial charge on any atom is -0.480 e. The van der Waals surface area contributed by atoms with Crippen LogP contribution in [0.5, 0.6) is 0 Å². The van der Waals surface area contributed by atoms with Gasteiger partial charge in [0.05, 0.1) is 12.4 Å². The van der Waals surface area contributed by atoms with Crippen LogP contribution in [-0.4, -0.2) is 41.2 Å². The summed E-state index contributed by atoms with van der Waals surface area (Å²) in [5.41, 5.74) is 5.20. The van der Waals surface area contributed by atoms with Gasteiger partial charge in [-0.3, -0.25) is 9.59 Å². The highest BCUT2D eigenvalue weighted by Crippen LogP contribution is 2.02. The fourth-order valence-corrected chi connectivity index (χ4v) is 1.31. The number of nitrogens with two attached hydrogens (primary N) is 1. The summed E-state index contributed by atoms with van der Waals surface area (Å²) in [6, 6.07) is -0.917. The van der Waals surface area contributed by atoms with Gasteiger partial charge in [0.2, 0.25) is 0 Å². The number of esters is 1. The van der Waals surface area contributed by atoms with Gasteiger partial charge in [-0.1, -0.05) is 0 Å². The van der Waals surface area contributed by atoms with E-state index in [0.29, 0.717) is 6.61 Å². The van der Waals surface area contributed by atoms with Crippen molar-refractivity contribution < 1.29 is 19.4 Å². The van der Waals surface area contributed by atoms with Crippen LogP contribution in [0.2, 0.25) is 0 Å². The highest BCUT2D eigenvalue weighted by Gasteiger charge is 2.12. The fourth-order valence-electron chi connectivity index (χ4n) is 0.543. The largest absolute Gasteiger partial charge is 0.480 e. The summed E-state index contributed by atoms with van der Waals surface area (Å²) in [6.45, 7) is 2.05. The summed E-state index contributed by atoms with van der Waals surface area (Å²) in [5.74, 6) is -1.04. The van der Waals surface area contributed by atoms with Crippen LogP contribution in [0.25, 0.3) is 0 Å². The molecule has 13 heavy (non-hydrogen) atoms. The molecule has 0 rings (SSSR count). The normalized spacial score (nSPS) is 12.2. The lowest BCUT2D eigenvalue weighted by molar-refractivity contribution is -0.140. The van der Waals surface area contributed by atoms with E-state index < -0.39 is 12.0 Å². The first-order chi connectivity index (χ1) is 6.07. The maximum atomic E-state index is 10.8. The van der Waals surface area contributed by atoms with E-state index in [1.807, 2.05) is 0 Å². The molecule has 0 spiro atoms. The van der Waals surface area contributed by atoms with Crippen LogP contribution in [-0.2, 0) is 14.3 Å². The van der Waals surface area contributed by atoms with Crippen molar-refractivity contribution in [3.63, 3.8) is 0 Å². The van der Waals surface area contributed by atoms with Crippen LogP contribution >= 0.6 is 11.8 Å². The number of carboxylic acids is 1. The topological polar surface area (TPSA) is 89.6 Å². The molecule has 0 saturated heterocycles. The summed E-state index contributed by atoms with van der Waals surface area (Å²) < 4.78 is 4.64. The highest BCUT2D eigenvalue weighted by atomic mass is 32.2. The lowest BCUT2D eigenvalue weighted by atomic mass is 10.4. The molecule has 0 fully saturated rings. The van der Waals surface area contributed by atoms with Gasteiger partial charge in [0.15, 0.2) is 0 Å². The van der Waals surface area contributed by atoms with Crippen molar-refractivity contribution in [3.05, 3.63) is 0 Å². The zero-order chi connectivity index (χ0) is 10.3. The molecule has 0 aliphatic carbocycles. The molecule has 0 saturated carbocycles. The molecule has 0 aromatic carbocycles. The molecule has 6 heteroatoms. The maximum Gasteiger partial charge on any atom is 0.321 e. The highest BCUT2D eigenvalue weighted by molar-refractivity contribution is 8.00. The Labute approximate surface area is 80.6 Å². The average Bonchev–Trinajstić information content (AvgIpc) is 2.04. The molecule has 5 nitrogen and oxygen atoms in total. The molecule has 0 aromatic rings. The first-order valence-corrected chi connectivity index (χ1v) is 4.95. The lowest BCUT2D eigenvalue weighted by Crippen LogP contribution is -2.32. The van der Waals surface area contributed by atoms with Crippen LogP contribution in [0.15, 0.2) is 0 Å². The second-order valence-electron chi connectivity index (χ2n) is 2.26. The number of carboxylic acid groups (broad SMARTS) is 1. The number of aliphatic carboxylic acids is 1. The van der Waals surface area contributed by atoms with Gasteiger partial charge in [-0.2, -0.15) is 0 Å². The zero-order valence-electron chi connectivity index (χ0n) is 7.36. The monoisotopic (exact) mass is 207 g/mol. The van der Waals surface area contributed by atoms with E-state index in [9.17, 15) is 9.59 Å². The van der Waals surface area contributed by atoms with Gasteiger partial charge in [-0.05, 0) is 6.92 Å². The van der Waals surface area contributed by atoms with Gasteiger partial charge >= 0.3 is 11.9 Å². The van der Waals surface area contributed by atoms with Gasteiger partial charge in [0, 0.05) is 5.75 Å². The van der Waals surface area contributed by atoms with E-state index in [-0.39, 0.29) is 17.5 Å². The summed E-state index contributed by atoms with van der Waals surface area (Å²) in [4.78, 5) is 21.0. The van der Waals surface area contributed by atoms with E-state index in [0.717, 1.165) is 11.8 Å². The van der Waals surface area contributed by atoms with Crippen LogP contribution < -0.4 is 5.73 Å². The number of hydrogen-bond acceptors (Lipinski definition) is 5. The number of ether oxygens (including phenoxy) is 1. The molecule has 1 atom stereocenters. The molecule has 0 radical (unpaired) electrons. The van der Waals surface area contributed by atoms with E-state index in [1.54, 1.807) is 6.92 Å². The second kappa shape index (κ2) is 6.73. The van der Waals surface area contributed by atoms with Crippen LogP contribution in [0.4, 0.5) is 0 Å². The molecular weight excluding hydrogens is 194 g/mol. The van der Waals surface area contributed by atoms with Crippen molar-refractivity contribution >= 4 is 23.7 Å². The van der Waals surface area contributed by atoms with Crippen LogP contribution in [0.1, 0.15) is 6.92 Å². The predicted molar refractivity (Wildman–Crippen MR) is 49.6 cm³/mol. The standard InChI is InChI=1S/C7H13NO4S/c1-2-12-6(9)4-13-3-5(8)7(10)11/h5H,2-4,8H2,1H3,(H,10,11)/t5-/m1/s1. The minimum absolute atomic E-state index is 0.148. The molecule has 0 heterocycles. The van der Waals surface area contributed by atoms with E-state index in [2.05, 4.69) is 4.74 Å². The number of carbonyl (C=O) groups is 2. The first-order valence-electron chi connectivity index (χ1n) is 3.79. The van der Waals surface area contributed by atoms with Gasteiger partial charge in [-0.15, -0.1) is 11.8 Å². The van der Waals surface area contributed by atoms with Crippen molar-refractivity contribution in [2.24, 2.45) is 5.73 Å². The van der Waals surface area contributed by atoms with Gasteiger partial charge < -0.3 is 15.6 Å². The minimum atomic E-state index is -1.06. The Balaban J connectivity index is 3.44. The third kappa shape index (κ3) is 6.41. The lowest BCUT2D eigenvalue weighted by Gasteiger charge is -2.05. The van der Waals surface area contributed by atoms with Crippen molar-refractivity contribution in [2.45, 2.75) is 13.0 Å². The van der Waals surface area contributed by atoms with E-state index in [4.69, 9.17) is 10.8 Å². The third-order valence-electron chi connectivity index (χ3n) is 1.14. The van der Waals surface area contributed by atoms with Crippen molar-refractivity contribution in [1.82, 2.24) is 0 Å². The van der Waals surface area contributed by atoms with Crippen molar-refractivity contribution in [1.29, 1.82) is 0 Å². The van der Waals surface area contributed by atoms with E-state index in [1.165, 1.54) is 0 Å². The Bertz CT molecular complexity index is 185. The molecule has 0 aromatic heterocycles. The van der Waals surface area contributed by atoms with E-state index >= 15 is 0 Å². The Morgan fingerprint density at radius 1 is 1.62 bits per heavy atom. The Morgan fingerprint density at radius 3 is 2.69 bits per heavy atom. The SMILES string of the molecule is CCOC(=O)CSC[C@@H](N)C(=O)O. The maximum absolute atomic E-state index is 10.8. The quantitative estimate of drug-likeness (QED) is 0.581. The second-order valence-corrected chi connectivity index (χ2v) is 3.30. The molecule has 76 valence electrons. The number of rotatable bonds is 6. The smallest absolute Gasteiger partial charge is 0.321 e. The molecule has 0 aliphatic rings. The first kappa shape index (κ1) is 12.2. The Kier molecular flexibility index (Phi) is 6.34. The molecule has 0 amide bonds. The average molecular weight is 207 g/mol. The van der Waals surface area contributed by atoms with Crippen molar-refractivity contribution in [3.8, 4) is 0 Å². The number of carbonyl (C=O) groups excluding carboxylic acids is 1. The zero-order valence-corrected chi connectivity index (χ0v) is 8.17. The summed E-state index contributed by atoms with van der Waals surface area (Å²) in [7, 11) is 0. The summed E-state index contributed by atoms with van der Waals surface area (Å²) in [6.07, 6.45) is 0. The predicted octanol–water partition coefficient (Wildman–Crippen LogP) is -0.305. The molecular formula is C7H13NO4S. The van der Waals surface area contributed by atoms with Crippen LogP contribution in [0.3, 0.4) is 0 Å². The summed E-state index contributed by atoms with van der Waals surface area (Å²) >= 11 is 1.16. The number of thioether (sulfide) groups is 1. The molecule has 3 N–H and O–H groups in total. The van der Waals surface area contributed by atoms with Gasteiger partial charge in [0.1, 0.15) is 6.04 Å². The van der Waals surface area contributed by atoms with Gasteiger partial charge in [-0.25, -0.2) is 0 Å². The number of hydrogen-bond donors (Lipinski definition) is 2. The Morgan fingerprint density at radius 2 is 2.23 bits per heavy atom. The van der Waals surface area contributed by atoms with Crippen LogP contribution in [0, 0.1) is 0 Å². The third-order valence-corrected chi connectivity index (χ3v) is 2.17. The summed E-state index contributed by atoms with van der Waals surface area (Å²) in [5, 5.41) is 8.40. The Hall–Kier alpha value is -0.750. The van der Waals surface area contributed by atoms with Gasteiger partial charge in [0.25, 0.3) is 0 Å². The van der Waals surface area contributed by atoms with Crippen molar-refractivity contribution in [2.75, 3.05) is 18.1 Å². The molecule has 0 aliphatic heterocycles. The molecule has 0 unspecified atom stereocenters.